The van der Waals surface area contributed by atoms with Crippen LogP contribution < -0.4 is 10.6 Å². The Bertz CT molecular complexity index is 555. The number of carbonyl (C=O) groups is 1. The van der Waals surface area contributed by atoms with Crippen molar-refractivity contribution in [3.63, 3.8) is 0 Å². The molecular weight excluding hydrogens is 277 g/mol. The van der Waals surface area contributed by atoms with E-state index in [2.05, 4.69) is 10.6 Å². The Labute approximate surface area is 121 Å². The van der Waals surface area contributed by atoms with Gasteiger partial charge in [-0.05, 0) is 44.8 Å². The second-order valence-electron chi connectivity index (χ2n) is 5.23. The number of halogens is 1. The van der Waals surface area contributed by atoms with Crippen LogP contribution in [0.5, 0.6) is 0 Å². The number of nitrogens with zero attached hydrogens (tertiary/aromatic N) is 1. The van der Waals surface area contributed by atoms with Crippen LogP contribution in [0.3, 0.4) is 0 Å². The van der Waals surface area contributed by atoms with Gasteiger partial charge in [0.05, 0.1) is 10.5 Å². The molecule has 6 nitrogen and oxygen atoms in total. The summed E-state index contributed by atoms with van der Waals surface area (Å²) in [6.45, 7) is 3.10. The lowest BCUT2D eigenvalue weighted by Crippen LogP contribution is -2.36. The molecule has 1 unspecified atom stereocenters. The third-order valence-electron chi connectivity index (χ3n) is 3.61. The van der Waals surface area contributed by atoms with Gasteiger partial charge in [-0.3, -0.25) is 14.9 Å². The molecule has 1 fully saturated rings. The largest absolute Gasteiger partial charge is 0.349 e. The first-order valence-electron chi connectivity index (χ1n) is 6.95. The highest BCUT2D eigenvalue weighted by atomic mass is 19.1. The fourth-order valence-electron chi connectivity index (χ4n) is 2.45. The number of rotatable bonds is 3. The van der Waals surface area contributed by atoms with Gasteiger partial charge in [-0.25, -0.2) is 4.39 Å². The van der Waals surface area contributed by atoms with Gasteiger partial charge in [0.2, 0.25) is 0 Å². The highest BCUT2D eigenvalue weighted by Gasteiger charge is 2.22. The van der Waals surface area contributed by atoms with E-state index in [0.29, 0.717) is 0 Å². The average molecular weight is 295 g/mol. The normalized spacial score (nSPS) is 18.9. The summed E-state index contributed by atoms with van der Waals surface area (Å²) in [5.74, 6) is -1.30. The van der Waals surface area contributed by atoms with E-state index in [-0.39, 0.29) is 22.9 Å². The summed E-state index contributed by atoms with van der Waals surface area (Å²) in [7, 11) is 0. The van der Waals surface area contributed by atoms with Gasteiger partial charge in [-0.2, -0.15) is 0 Å². The van der Waals surface area contributed by atoms with Crippen LogP contribution in [0.4, 0.5) is 10.1 Å². The standard InChI is InChI=1S/C14H18FN3O3/c1-9-7-11(18(20)21)8-12(13(9)15)14(19)17-10-3-2-5-16-6-4-10/h7-8,10,16H,2-6H2,1H3,(H,17,19). The van der Waals surface area contributed by atoms with Crippen molar-refractivity contribution in [2.24, 2.45) is 0 Å². The molecule has 2 N–H and O–H groups in total. The molecule has 1 aliphatic heterocycles. The van der Waals surface area contributed by atoms with Gasteiger partial charge in [0.1, 0.15) is 5.82 Å². The summed E-state index contributed by atoms with van der Waals surface area (Å²) in [6, 6.07) is 2.08. The summed E-state index contributed by atoms with van der Waals surface area (Å²) in [5, 5.41) is 16.8. The third kappa shape index (κ3) is 3.75. The molecule has 1 amide bonds. The lowest BCUT2D eigenvalue weighted by Gasteiger charge is -2.16. The molecule has 1 heterocycles. The highest BCUT2D eigenvalue weighted by molar-refractivity contribution is 5.95. The van der Waals surface area contributed by atoms with Crippen molar-refractivity contribution in [1.82, 2.24) is 10.6 Å². The zero-order valence-corrected chi connectivity index (χ0v) is 11.8. The van der Waals surface area contributed by atoms with E-state index in [1.807, 2.05) is 0 Å². The van der Waals surface area contributed by atoms with Crippen LogP contribution in [0.2, 0.25) is 0 Å². The Hall–Kier alpha value is -2.02. The number of carbonyl (C=O) groups excluding carboxylic acids is 1. The van der Waals surface area contributed by atoms with E-state index in [9.17, 15) is 19.3 Å². The number of hydrogen-bond donors (Lipinski definition) is 2. The molecule has 0 radical (unpaired) electrons. The van der Waals surface area contributed by atoms with Crippen LogP contribution >= 0.6 is 0 Å². The van der Waals surface area contributed by atoms with E-state index in [0.717, 1.165) is 44.5 Å². The number of nitro groups is 1. The monoisotopic (exact) mass is 295 g/mol. The van der Waals surface area contributed by atoms with Gasteiger partial charge >= 0.3 is 0 Å². The summed E-state index contributed by atoms with van der Waals surface area (Å²) >= 11 is 0. The predicted molar refractivity (Wildman–Crippen MR) is 75.8 cm³/mol. The van der Waals surface area contributed by atoms with Crippen molar-refractivity contribution in [2.75, 3.05) is 13.1 Å². The fraction of sp³-hybridized carbons (Fsp3) is 0.500. The lowest BCUT2D eigenvalue weighted by atomic mass is 10.1. The maximum absolute atomic E-state index is 14.0. The first kappa shape index (κ1) is 15.4. The Morgan fingerprint density at radius 3 is 2.90 bits per heavy atom. The maximum Gasteiger partial charge on any atom is 0.270 e. The summed E-state index contributed by atoms with van der Waals surface area (Å²) in [4.78, 5) is 22.4. The molecule has 21 heavy (non-hydrogen) atoms. The van der Waals surface area contributed by atoms with Crippen LogP contribution in [0, 0.1) is 22.9 Å². The van der Waals surface area contributed by atoms with Gasteiger partial charge < -0.3 is 10.6 Å². The van der Waals surface area contributed by atoms with Crippen molar-refractivity contribution >= 4 is 11.6 Å². The molecule has 0 aliphatic carbocycles. The molecule has 0 aromatic heterocycles. The summed E-state index contributed by atoms with van der Waals surface area (Å²) in [6.07, 6.45) is 2.51. The second-order valence-corrected chi connectivity index (χ2v) is 5.23. The number of nitro benzene ring substituents is 1. The smallest absolute Gasteiger partial charge is 0.270 e. The number of benzene rings is 1. The van der Waals surface area contributed by atoms with Crippen LogP contribution in [-0.2, 0) is 0 Å². The third-order valence-corrected chi connectivity index (χ3v) is 3.61. The molecule has 1 atom stereocenters. The molecule has 1 aromatic rings. The first-order valence-corrected chi connectivity index (χ1v) is 6.95. The number of hydrogen-bond acceptors (Lipinski definition) is 4. The molecule has 0 spiro atoms. The van der Waals surface area contributed by atoms with Crippen molar-refractivity contribution in [1.29, 1.82) is 0 Å². The molecule has 1 aromatic carbocycles. The summed E-state index contributed by atoms with van der Waals surface area (Å²) in [5.41, 5.74) is -0.447. The van der Waals surface area contributed by atoms with Gasteiger partial charge in [0, 0.05) is 18.2 Å². The molecule has 1 aliphatic rings. The predicted octanol–water partition coefficient (Wildman–Crippen LogP) is 1.91. The second kappa shape index (κ2) is 6.62. The fourth-order valence-corrected chi connectivity index (χ4v) is 2.45. The average Bonchev–Trinajstić information content (AvgIpc) is 2.69. The number of non-ortho nitro benzene ring substituents is 1. The first-order chi connectivity index (χ1) is 9.99. The Balaban J connectivity index is 2.19. The lowest BCUT2D eigenvalue weighted by molar-refractivity contribution is -0.385. The van der Waals surface area contributed by atoms with Gasteiger partial charge in [0.25, 0.3) is 11.6 Å². The Kier molecular flexibility index (Phi) is 4.85. The van der Waals surface area contributed by atoms with Crippen LogP contribution in [0.15, 0.2) is 12.1 Å². The zero-order valence-electron chi connectivity index (χ0n) is 11.8. The maximum atomic E-state index is 14.0. The van der Waals surface area contributed by atoms with Crippen LogP contribution in [0.1, 0.15) is 35.2 Å². The Morgan fingerprint density at radius 2 is 2.19 bits per heavy atom. The molecule has 0 saturated carbocycles. The quantitative estimate of drug-likeness (QED) is 0.659. The minimum absolute atomic E-state index is 0.0357. The van der Waals surface area contributed by atoms with E-state index in [4.69, 9.17) is 0 Å². The molecule has 2 rings (SSSR count). The van der Waals surface area contributed by atoms with E-state index >= 15 is 0 Å². The highest BCUT2D eigenvalue weighted by Crippen LogP contribution is 2.21. The SMILES string of the molecule is Cc1cc([N+](=O)[O-])cc(C(=O)NC2CCCNCC2)c1F. The van der Waals surface area contributed by atoms with Crippen molar-refractivity contribution in [3.05, 3.63) is 39.2 Å². The van der Waals surface area contributed by atoms with Crippen molar-refractivity contribution < 1.29 is 14.1 Å². The number of aryl methyl sites for hydroxylation is 1. The minimum Gasteiger partial charge on any atom is -0.349 e. The van der Waals surface area contributed by atoms with Gasteiger partial charge in [-0.1, -0.05) is 0 Å². The number of nitrogens with one attached hydrogen (secondary N) is 2. The van der Waals surface area contributed by atoms with Crippen LogP contribution in [0.25, 0.3) is 0 Å². The van der Waals surface area contributed by atoms with Crippen molar-refractivity contribution in [2.45, 2.75) is 32.2 Å². The molecule has 0 bridgehead atoms. The van der Waals surface area contributed by atoms with E-state index < -0.39 is 16.6 Å². The van der Waals surface area contributed by atoms with E-state index in [1.165, 1.54) is 6.92 Å². The molecule has 7 heteroatoms. The summed E-state index contributed by atoms with van der Waals surface area (Å²) < 4.78 is 14.0. The number of amides is 1. The minimum atomic E-state index is -0.704. The molecule has 114 valence electrons. The van der Waals surface area contributed by atoms with Crippen LogP contribution in [-0.4, -0.2) is 30.0 Å². The van der Waals surface area contributed by atoms with Gasteiger partial charge in [-0.15, -0.1) is 0 Å². The zero-order chi connectivity index (χ0) is 15.4. The molecule has 1 saturated heterocycles. The topological polar surface area (TPSA) is 84.3 Å². The van der Waals surface area contributed by atoms with Gasteiger partial charge in [0.15, 0.2) is 0 Å². The van der Waals surface area contributed by atoms with Crippen molar-refractivity contribution in [3.8, 4) is 0 Å². The van der Waals surface area contributed by atoms with E-state index in [1.54, 1.807) is 0 Å². The Morgan fingerprint density at radius 1 is 1.43 bits per heavy atom. The molecular formula is C14H18FN3O3.